The van der Waals surface area contributed by atoms with Crippen LogP contribution in [0.25, 0.3) is 0 Å². The van der Waals surface area contributed by atoms with Crippen molar-refractivity contribution in [3.8, 4) is 0 Å². The summed E-state index contributed by atoms with van der Waals surface area (Å²) in [5, 5.41) is 13.8. The van der Waals surface area contributed by atoms with E-state index in [1.54, 1.807) is 0 Å². The fourth-order valence-corrected chi connectivity index (χ4v) is 2.66. The van der Waals surface area contributed by atoms with Crippen LogP contribution >= 0.6 is 11.8 Å². The van der Waals surface area contributed by atoms with Gasteiger partial charge in [0.15, 0.2) is 0 Å². The molecule has 0 aromatic carbocycles. The number of hydrogen-bond donors (Lipinski definition) is 2. The second kappa shape index (κ2) is 6.27. The first-order valence-electron chi connectivity index (χ1n) is 6.40. The Morgan fingerprint density at radius 3 is 2.38 bits per heavy atom. The normalized spacial score (nSPS) is 23.2. The molecule has 0 atom stereocenters. The lowest BCUT2D eigenvalue weighted by atomic mass is 9.71. The molecule has 0 spiro atoms. The highest BCUT2D eigenvalue weighted by molar-refractivity contribution is 7.98. The predicted molar refractivity (Wildman–Crippen MR) is 73.1 cm³/mol. The Labute approximate surface area is 105 Å². The summed E-state index contributed by atoms with van der Waals surface area (Å²) in [6.07, 6.45) is 7.54. The summed E-state index contributed by atoms with van der Waals surface area (Å²) in [7, 11) is 0. The van der Waals surface area contributed by atoms with Gasteiger partial charge in [-0.15, -0.1) is 0 Å². The van der Waals surface area contributed by atoms with Crippen molar-refractivity contribution in [1.29, 1.82) is 0 Å². The van der Waals surface area contributed by atoms with E-state index in [1.807, 2.05) is 11.8 Å². The topological polar surface area (TPSA) is 32.3 Å². The molecule has 1 rings (SSSR count). The Morgan fingerprint density at radius 1 is 1.19 bits per heavy atom. The quantitative estimate of drug-likeness (QED) is 0.706. The van der Waals surface area contributed by atoms with E-state index in [1.165, 1.54) is 12.2 Å². The van der Waals surface area contributed by atoms with Crippen LogP contribution in [-0.4, -0.2) is 35.8 Å². The zero-order chi connectivity index (χ0) is 12.1. The molecule has 0 unspecified atom stereocenters. The lowest BCUT2D eigenvalue weighted by molar-refractivity contribution is -0.0241. The molecular formula is C13H27NOS. The van der Waals surface area contributed by atoms with Gasteiger partial charge in [0.05, 0.1) is 5.60 Å². The molecule has 0 heterocycles. The minimum Gasteiger partial charge on any atom is -0.389 e. The fourth-order valence-electron chi connectivity index (χ4n) is 2.23. The van der Waals surface area contributed by atoms with Gasteiger partial charge in [-0.1, -0.05) is 13.8 Å². The summed E-state index contributed by atoms with van der Waals surface area (Å²) in [5.41, 5.74) is -0.0000416. The molecular weight excluding hydrogens is 218 g/mol. The van der Waals surface area contributed by atoms with Crippen LogP contribution < -0.4 is 5.32 Å². The van der Waals surface area contributed by atoms with E-state index in [0.29, 0.717) is 5.41 Å². The minimum atomic E-state index is -0.436. The Balaban J connectivity index is 2.16. The van der Waals surface area contributed by atoms with Crippen LogP contribution in [0.5, 0.6) is 0 Å². The van der Waals surface area contributed by atoms with Gasteiger partial charge in [-0.3, -0.25) is 0 Å². The van der Waals surface area contributed by atoms with Gasteiger partial charge in [0, 0.05) is 6.54 Å². The minimum absolute atomic E-state index is 0.436. The maximum atomic E-state index is 10.4. The molecule has 1 fully saturated rings. The third-order valence-corrected chi connectivity index (χ3v) is 4.39. The molecule has 0 saturated heterocycles. The monoisotopic (exact) mass is 245 g/mol. The number of aliphatic hydroxyl groups is 1. The van der Waals surface area contributed by atoms with E-state index in [-0.39, 0.29) is 0 Å². The lowest BCUT2D eigenvalue weighted by Gasteiger charge is -2.40. The zero-order valence-corrected chi connectivity index (χ0v) is 11.8. The van der Waals surface area contributed by atoms with E-state index in [0.717, 1.165) is 38.8 Å². The smallest absolute Gasteiger partial charge is 0.0772 e. The molecule has 96 valence electrons. The average molecular weight is 245 g/mol. The van der Waals surface area contributed by atoms with Gasteiger partial charge in [-0.2, -0.15) is 11.8 Å². The van der Waals surface area contributed by atoms with Gasteiger partial charge in [0.25, 0.3) is 0 Å². The fraction of sp³-hybridized carbons (Fsp3) is 1.00. The molecule has 0 amide bonds. The number of rotatable bonds is 6. The summed E-state index contributed by atoms with van der Waals surface area (Å²) in [6, 6.07) is 0. The highest BCUT2D eigenvalue weighted by atomic mass is 32.2. The van der Waals surface area contributed by atoms with Gasteiger partial charge >= 0.3 is 0 Å². The van der Waals surface area contributed by atoms with Crippen LogP contribution in [-0.2, 0) is 0 Å². The number of thioether (sulfide) groups is 1. The lowest BCUT2D eigenvalue weighted by Crippen LogP contribution is -2.45. The molecule has 1 aliphatic rings. The van der Waals surface area contributed by atoms with Crippen molar-refractivity contribution in [3.63, 3.8) is 0 Å². The van der Waals surface area contributed by atoms with Crippen molar-refractivity contribution in [3.05, 3.63) is 0 Å². The molecule has 1 saturated carbocycles. The number of nitrogens with one attached hydrogen (secondary N) is 1. The third kappa shape index (κ3) is 5.07. The molecule has 2 N–H and O–H groups in total. The van der Waals surface area contributed by atoms with Gasteiger partial charge in [0.2, 0.25) is 0 Å². The van der Waals surface area contributed by atoms with Gasteiger partial charge in [0.1, 0.15) is 0 Å². The molecule has 0 aromatic rings. The second-order valence-electron chi connectivity index (χ2n) is 5.91. The first kappa shape index (κ1) is 14.3. The van der Waals surface area contributed by atoms with Crippen molar-refractivity contribution in [2.24, 2.45) is 5.41 Å². The predicted octanol–water partition coefficient (Wildman–Crippen LogP) is 2.66. The van der Waals surface area contributed by atoms with Crippen molar-refractivity contribution >= 4 is 11.8 Å². The molecule has 2 nitrogen and oxygen atoms in total. The highest BCUT2D eigenvalue weighted by Crippen LogP contribution is 2.39. The third-order valence-electron chi connectivity index (χ3n) is 3.69. The molecule has 0 aromatic heterocycles. The van der Waals surface area contributed by atoms with Crippen molar-refractivity contribution in [2.75, 3.05) is 25.1 Å². The van der Waals surface area contributed by atoms with E-state index < -0.39 is 5.60 Å². The summed E-state index contributed by atoms with van der Waals surface area (Å²) in [5.74, 6) is 1.21. The Hall–Kier alpha value is 0.270. The maximum absolute atomic E-state index is 10.4. The van der Waals surface area contributed by atoms with E-state index in [4.69, 9.17) is 0 Å². The van der Waals surface area contributed by atoms with Crippen molar-refractivity contribution in [2.45, 2.75) is 51.6 Å². The molecule has 1 aliphatic carbocycles. The molecule has 16 heavy (non-hydrogen) atoms. The molecule has 0 aliphatic heterocycles. The van der Waals surface area contributed by atoms with Crippen LogP contribution in [0, 0.1) is 5.41 Å². The second-order valence-corrected chi connectivity index (χ2v) is 6.90. The van der Waals surface area contributed by atoms with E-state index in [9.17, 15) is 5.11 Å². The van der Waals surface area contributed by atoms with Crippen molar-refractivity contribution < 1.29 is 5.11 Å². The van der Waals surface area contributed by atoms with Crippen LogP contribution in [0.15, 0.2) is 0 Å². The van der Waals surface area contributed by atoms with Crippen LogP contribution in [0.4, 0.5) is 0 Å². The molecule has 0 radical (unpaired) electrons. The van der Waals surface area contributed by atoms with Crippen molar-refractivity contribution in [1.82, 2.24) is 5.32 Å². The first-order chi connectivity index (χ1) is 7.47. The summed E-state index contributed by atoms with van der Waals surface area (Å²) < 4.78 is 0. The zero-order valence-electron chi connectivity index (χ0n) is 11.0. The van der Waals surface area contributed by atoms with Crippen LogP contribution in [0.1, 0.15) is 46.0 Å². The molecule has 3 heteroatoms. The van der Waals surface area contributed by atoms with Gasteiger partial charge < -0.3 is 10.4 Å². The standard InChI is InChI=1S/C13H27NOS/c1-12(2)5-7-13(15,8-6-12)11-14-9-4-10-16-3/h14-15H,4-11H2,1-3H3. The van der Waals surface area contributed by atoms with Crippen LogP contribution in [0.2, 0.25) is 0 Å². The summed E-state index contributed by atoms with van der Waals surface area (Å²) in [4.78, 5) is 0. The van der Waals surface area contributed by atoms with Crippen LogP contribution in [0.3, 0.4) is 0 Å². The van der Waals surface area contributed by atoms with Gasteiger partial charge in [-0.05, 0) is 56.1 Å². The van der Waals surface area contributed by atoms with E-state index >= 15 is 0 Å². The SMILES string of the molecule is CSCCCNCC1(O)CCC(C)(C)CC1. The largest absolute Gasteiger partial charge is 0.389 e. The average Bonchev–Trinajstić information content (AvgIpc) is 2.23. The maximum Gasteiger partial charge on any atom is 0.0772 e. The van der Waals surface area contributed by atoms with Gasteiger partial charge in [-0.25, -0.2) is 0 Å². The highest BCUT2D eigenvalue weighted by Gasteiger charge is 2.36. The molecule has 0 bridgehead atoms. The Morgan fingerprint density at radius 2 is 1.81 bits per heavy atom. The summed E-state index contributed by atoms with van der Waals surface area (Å²) in [6.45, 7) is 6.42. The number of hydrogen-bond acceptors (Lipinski definition) is 3. The summed E-state index contributed by atoms with van der Waals surface area (Å²) >= 11 is 1.88. The first-order valence-corrected chi connectivity index (χ1v) is 7.79. The Bertz CT molecular complexity index is 196. The van der Waals surface area contributed by atoms with E-state index in [2.05, 4.69) is 25.4 Å². The Kier molecular flexibility index (Phi) is 5.62.